The van der Waals surface area contributed by atoms with Crippen LogP contribution in [0.1, 0.15) is 30.1 Å². The summed E-state index contributed by atoms with van der Waals surface area (Å²) in [5.74, 6) is 0.731. The standard InChI is InChI=1S/C18H17BrN2OS/c19-14-7-5-13(6-8-14)16-3-1-9-21(16)11-15-12-22-18(20-15)17-4-2-10-23-17/h2,4-8,10,12,16H,1,3,9,11H2. The van der Waals surface area contributed by atoms with Gasteiger partial charge in [0.05, 0.1) is 10.6 Å². The van der Waals surface area contributed by atoms with E-state index in [1.54, 1.807) is 17.6 Å². The zero-order chi connectivity index (χ0) is 15.6. The summed E-state index contributed by atoms with van der Waals surface area (Å²) in [5.41, 5.74) is 2.39. The van der Waals surface area contributed by atoms with Gasteiger partial charge < -0.3 is 4.42 Å². The first-order valence-corrected chi connectivity index (χ1v) is 9.45. The second-order valence-electron chi connectivity index (χ2n) is 5.80. The van der Waals surface area contributed by atoms with Crippen molar-refractivity contribution in [1.29, 1.82) is 0 Å². The third-order valence-electron chi connectivity index (χ3n) is 4.27. The van der Waals surface area contributed by atoms with Crippen molar-refractivity contribution in [2.24, 2.45) is 0 Å². The highest BCUT2D eigenvalue weighted by Crippen LogP contribution is 2.34. The molecule has 0 bridgehead atoms. The Kier molecular flexibility index (Phi) is 4.33. The average molecular weight is 389 g/mol. The maximum atomic E-state index is 5.64. The fraction of sp³-hybridized carbons (Fsp3) is 0.278. The molecule has 0 spiro atoms. The van der Waals surface area contributed by atoms with E-state index >= 15 is 0 Å². The maximum absolute atomic E-state index is 5.64. The molecule has 1 atom stereocenters. The smallest absolute Gasteiger partial charge is 0.236 e. The Morgan fingerprint density at radius 1 is 1.26 bits per heavy atom. The largest absolute Gasteiger partial charge is 0.444 e. The molecule has 0 radical (unpaired) electrons. The monoisotopic (exact) mass is 388 g/mol. The van der Waals surface area contributed by atoms with E-state index in [9.17, 15) is 0 Å². The Labute approximate surface area is 148 Å². The maximum Gasteiger partial charge on any atom is 0.236 e. The number of oxazole rings is 1. The minimum Gasteiger partial charge on any atom is -0.444 e. The van der Waals surface area contributed by atoms with Gasteiger partial charge in [0.15, 0.2) is 0 Å². The van der Waals surface area contributed by atoms with Gasteiger partial charge in [0.1, 0.15) is 6.26 Å². The Morgan fingerprint density at radius 2 is 2.13 bits per heavy atom. The van der Waals surface area contributed by atoms with E-state index in [4.69, 9.17) is 4.42 Å². The number of rotatable bonds is 4. The van der Waals surface area contributed by atoms with E-state index in [1.165, 1.54) is 18.4 Å². The van der Waals surface area contributed by atoms with Crippen molar-refractivity contribution in [2.45, 2.75) is 25.4 Å². The third-order valence-corrected chi connectivity index (χ3v) is 5.65. The van der Waals surface area contributed by atoms with Crippen molar-refractivity contribution in [2.75, 3.05) is 6.54 Å². The van der Waals surface area contributed by atoms with Gasteiger partial charge in [-0.25, -0.2) is 4.98 Å². The zero-order valence-electron chi connectivity index (χ0n) is 12.6. The van der Waals surface area contributed by atoms with E-state index in [1.807, 2.05) is 17.5 Å². The molecule has 0 N–H and O–H groups in total. The highest BCUT2D eigenvalue weighted by atomic mass is 79.9. The molecule has 3 nitrogen and oxygen atoms in total. The SMILES string of the molecule is Brc1ccc(C2CCCN2Cc2coc(-c3cccs3)n2)cc1. The van der Waals surface area contributed by atoms with Crippen LogP contribution in [0.2, 0.25) is 0 Å². The quantitative estimate of drug-likeness (QED) is 0.590. The van der Waals surface area contributed by atoms with Gasteiger partial charge >= 0.3 is 0 Å². The van der Waals surface area contributed by atoms with Crippen LogP contribution < -0.4 is 0 Å². The molecule has 1 saturated heterocycles. The Bertz CT molecular complexity index is 767. The first-order chi connectivity index (χ1) is 11.3. The van der Waals surface area contributed by atoms with Crippen LogP contribution >= 0.6 is 27.3 Å². The summed E-state index contributed by atoms with van der Waals surface area (Å²) < 4.78 is 6.77. The van der Waals surface area contributed by atoms with E-state index in [-0.39, 0.29) is 0 Å². The predicted molar refractivity (Wildman–Crippen MR) is 96.3 cm³/mol. The predicted octanol–water partition coefficient (Wildman–Crippen LogP) is 5.50. The lowest BCUT2D eigenvalue weighted by Crippen LogP contribution is -2.22. The van der Waals surface area contributed by atoms with Gasteiger partial charge in [-0.2, -0.15) is 0 Å². The number of aromatic nitrogens is 1. The molecule has 23 heavy (non-hydrogen) atoms. The highest BCUT2D eigenvalue weighted by Gasteiger charge is 2.26. The van der Waals surface area contributed by atoms with E-state index in [0.717, 1.165) is 34.0 Å². The number of likely N-dealkylation sites (tertiary alicyclic amines) is 1. The highest BCUT2D eigenvalue weighted by molar-refractivity contribution is 9.10. The lowest BCUT2D eigenvalue weighted by molar-refractivity contribution is 0.245. The summed E-state index contributed by atoms with van der Waals surface area (Å²) in [6.45, 7) is 1.96. The van der Waals surface area contributed by atoms with Crippen molar-refractivity contribution in [1.82, 2.24) is 9.88 Å². The van der Waals surface area contributed by atoms with Crippen LogP contribution in [-0.2, 0) is 6.54 Å². The van der Waals surface area contributed by atoms with Gasteiger partial charge in [-0.05, 0) is 48.5 Å². The second-order valence-corrected chi connectivity index (χ2v) is 7.66. The molecule has 1 aliphatic heterocycles. The molecule has 0 amide bonds. The summed E-state index contributed by atoms with van der Waals surface area (Å²) in [6, 6.07) is 13.2. The van der Waals surface area contributed by atoms with E-state index < -0.39 is 0 Å². The van der Waals surface area contributed by atoms with Crippen LogP contribution in [0.5, 0.6) is 0 Å². The second kappa shape index (κ2) is 6.59. The third kappa shape index (κ3) is 3.27. The number of hydrogen-bond donors (Lipinski definition) is 0. The molecular weight excluding hydrogens is 372 g/mol. The van der Waals surface area contributed by atoms with Gasteiger partial charge in [-0.3, -0.25) is 4.90 Å². The molecule has 0 saturated carbocycles. The number of benzene rings is 1. The number of nitrogens with zero attached hydrogens (tertiary/aromatic N) is 2. The first-order valence-electron chi connectivity index (χ1n) is 7.77. The van der Waals surface area contributed by atoms with E-state index in [0.29, 0.717) is 6.04 Å². The van der Waals surface area contributed by atoms with Crippen molar-refractivity contribution >= 4 is 27.3 Å². The van der Waals surface area contributed by atoms with E-state index in [2.05, 4.69) is 50.1 Å². The molecule has 1 fully saturated rings. The number of thiophene rings is 1. The van der Waals surface area contributed by atoms with Crippen LogP contribution in [-0.4, -0.2) is 16.4 Å². The Balaban J connectivity index is 1.50. The molecule has 0 aliphatic carbocycles. The molecule has 2 aromatic heterocycles. The zero-order valence-corrected chi connectivity index (χ0v) is 15.0. The van der Waals surface area contributed by atoms with Gasteiger partial charge in [0.2, 0.25) is 5.89 Å². The van der Waals surface area contributed by atoms with Gasteiger partial charge in [0, 0.05) is 17.1 Å². The molecule has 3 heterocycles. The van der Waals surface area contributed by atoms with Gasteiger partial charge in [-0.1, -0.05) is 34.1 Å². The lowest BCUT2D eigenvalue weighted by atomic mass is 10.0. The fourth-order valence-electron chi connectivity index (χ4n) is 3.18. The minimum atomic E-state index is 0.477. The molecule has 3 aromatic rings. The topological polar surface area (TPSA) is 29.3 Å². The summed E-state index contributed by atoms with van der Waals surface area (Å²) >= 11 is 5.17. The number of hydrogen-bond acceptors (Lipinski definition) is 4. The van der Waals surface area contributed by atoms with Crippen LogP contribution in [0.25, 0.3) is 10.8 Å². The molecule has 5 heteroatoms. The van der Waals surface area contributed by atoms with Crippen molar-refractivity contribution in [3.8, 4) is 10.8 Å². The molecule has 1 aliphatic rings. The minimum absolute atomic E-state index is 0.477. The number of halogens is 1. The average Bonchev–Trinajstić information content (AvgIpc) is 3.29. The van der Waals surface area contributed by atoms with Crippen molar-refractivity contribution in [3.63, 3.8) is 0 Å². The fourth-order valence-corrected chi connectivity index (χ4v) is 4.10. The molecular formula is C18H17BrN2OS. The van der Waals surface area contributed by atoms with Gasteiger partial charge in [0.25, 0.3) is 0 Å². The first kappa shape index (κ1) is 15.1. The summed E-state index contributed by atoms with van der Waals surface area (Å²) in [6.07, 6.45) is 4.24. The summed E-state index contributed by atoms with van der Waals surface area (Å²) in [4.78, 5) is 8.24. The lowest BCUT2D eigenvalue weighted by Gasteiger charge is -2.23. The summed E-state index contributed by atoms with van der Waals surface area (Å²) in [7, 11) is 0. The van der Waals surface area contributed by atoms with Crippen molar-refractivity contribution < 1.29 is 4.42 Å². The molecule has 1 aromatic carbocycles. The molecule has 1 unspecified atom stereocenters. The molecule has 118 valence electrons. The van der Waals surface area contributed by atoms with Crippen LogP contribution in [0, 0.1) is 0 Å². The normalized spacial score (nSPS) is 18.6. The Hall–Kier alpha value is -1.43. The summed E-state index contributed by atoms with van der Waals surface area (Å²) in [5, 5.41) is 2.04. The Morgan fingerprint density at radius 3 is 2.91 bits per heavy atom. The van der Waals surface area contributed by atoms with Gasteiger partial charge in [-0.15, -0.1) is 11.3 Å². The molecule has 4 rings (SSSR count). The van der Waals surface area contributed by atoms with Crippen LogP contribution in [0.3, 0.4) is 0 Å². The van der Waals surface area contributed by atoms with Crippen LogP contribution in [0.4, 0.5) is 0 Å². The van der Waals surface area contributed by atoms with Crippen molar-refractivity contribution in [3.05, 3.63) is 63.8 Å². The van der Waals surface area contributed by atoms with Crippen LogP contribution in [0.15, 0.2) is 56.9 Å².